The Morgan fingerprint density at radius 1 is 1.24 bits per heavy atom. The van der Waals surface area contributed by atoms with Crippen molar-refractivity contribution in [3.05, 3.63) is 52.2 Å². The van der Waals surface area contributed by atoms with Crippen molar-refractivity contribution in [1.82, 2.24) is 4.72 Å². The largest absolute Gasteiger partial charge is 0.396 e. The van der Waals surface area contributed by atoms with Crippen molar-refractivity contribution < 1.29 is 13.5 Å². The number of rotatable bonds is 7. The molecule has 0 aliphatic carbocycles. The molecule has 1 unspecified atom stereocenters. The van der Waals surface area contributed by atoms with Crippen LogP contribution in [0.15, 0.2) is 46.0 Å². The zero-order valence-electron chi connectivity index (χ0n) is 11.8. The summed E-state index contributed by atoms with van der Waals surface area (Å²) in [5.74, 6) is 0. The fourth-order valence-corrected chi connectivity index (χ4v) is 3.99. The third-order valence-corrected chi connectivity index (χ3v) is 5.49. The Hall–Kier alpha value is -1.21. The first-order valence-electron chi connectivity index (χ1n) is 6.77. The van der Waals surface area contributed by atoms with Crippen LogP contribution < -0.4 is 4.72 Å². The van der Waals surface area contributed by atoms with Gasteiger partial charge in [-0.1, -0.05) is 12.1 Å². The van der Waals surface area contributed by atoms with Crippen LogP contribution in [0.4, 0.5) is 0 Å². The molecule has 0 saturated heterocycles. The lowest BCUT2D eigenvalue weighted by atomic mass is 10.1. The lowest BCUT2D eigenvalue weighted by molar-refractivity contribution is 0.288. The number of hydrogen-bond acceptors (Lipinski definition) is 4. The van der Waals surface area contributed by atoms with Crippen LogP contribution >= 0.6 is 11.3 Å². The predicted octanol–water partition coefficient (Wildman–Crippen LogP) is 2.71. The maximum Gasteiger partial charge on any atom is 0.241 e. The van der Waals surface area contributed by atoms with E-state index >= 15 is 0 Å². The normalized spacial score (nSPS) is 13.2. The summed E-state index contributed by atoms with van der Waals surface area (Å²) in [4.78, 5) is 0.261. The van der Waals surface area contributed by atoms with Gasteiger partial charge in [-0.3, -0.25) is 0 Å². The smallest absolute Gasteiger partial charge is 0.241 e. The van der Waals surface area contributed by atoms with Gasteiger partial charge >= 0.3 is 0 Å². The van der Waals surface area contributed by atoms with Gasteiger partial charge in [0.25, 0.3) is 0 Å². The van der Waals surface area contributed by atoms with Gasteiger partial charge in [0.15, 0.2) is 0 Å². The van der Waals surface area contributed by atoms with E-state index in [0.717, 1.165) is 17.5 Å². The first-order valence-corrected chi connectivity index (χ1v) is 9.20. The number of thiophene rings is 1. The van der Waals surface area contributed by atoms with Crippen molar-refractivity contribution in [2.45, 2.75) is 30.7 Å². The summed E-state index contributed by atoms with van der Waals surface area (Å²) in [6, 6.07) is 8.45. The van der Waals surface area contributed by atoms with Gasteiger partial charge in [-0.15, -0.1) is 0 Å². The summed E-state index contributed by atoms with van der Waals surface area (Å²) in [5.41, 5.74) is 1.98. The van der Waals surface area contributed by atoms with E-state index in [1.54, 1.807) is 35.6 Å². The molecule has 114 valence electrons. The zero-order chi connectivity index (χ0) is 15.3. The lowest BCUT2D eigenvalue weighted by Crippen LogP contribution is -2.26. The third kappa shape index (κ3) is 4.38. The van der Waals surface area contributed by atoms with Crippen molar-refractivity contribution in [1.29, 1.82) is 0 Å². The molecule has 4 nitrogen and oxygen atoms in total. The van der Waals surface area contributed by atoms with Crippen LogP contribution in [-0.2, 0) is 16.4 Å². The zero-order valence-corrected chi connectivity index (χ0v) is 13.5. The average Bonchev–Trinajstić information content (AvgIpc) is 2.99. The molecule has 1 aromatic carbocycles. The summed E-state index contributed by atoms with van der Waals surface area (Å²) < 4.78 is 27.3. The Morgan fingerprint density at radius 2 is 1.95 bits per heavy atom. The fourth-order valence-electron chi connectivity index (χ4n) is 2.01. The number of aliphatic hydroxyl groups excluding tert-OH is 1. The Labute approximate surface area is 129 Å². The van der Waals surface area contributed by atoms with Gasteiger partial charge in [0.05, 0.1) is 4.90 Å². The maximum absolute atomic E-state index is 12.3. The Balaban J connectivity index is 2.08. The second kappa shape index (κ2) is 7.17. The monoisotopic (exact) mass is 325 g/mol. The van der Waals surface area contributed by atoms with E-state index in [1.807, 2.05) is 23.8 Å². The third-order valence-electron chi connectivity index (χ3n) is 3.23. The van der Waals surface area contributed by atoms with Gasteiger partial charge in [-0.25, -0.2) is 13.1 Å². The van der Waals surface area contributed by atoms with E-state index in [2.05, 4.69) is 4.72 Å². The molecule has 0 radical (unpaired) electrons. The molecule has 2 aromatic rings. The summed E-state index contributed by atoms with van der Waals surface area (Å²) in [7, 11) is -3.52. The molecule has 1 aromatic heterocycles. The number of aliphatic hydroxyl groups is 1. The average molecular weight is 325 g/mol. The van der Waals surface area contributed by atoms with Gasteiger partial charge in [-0.05, 0) is 59.9 Å². The molecule has 2 N–H and O–H groups in total. The van der Waals surface area contributed by atoms with Crippen LogP contribution in [0.25, 0.3) is 0 Å². The highest BCUT2D eigenvalue weighted by Crippen LogP contribution is 2.19. The van der Waals surface area contributed by atoms with E-state index in [4.69, 9.17) is 5.11 Å². The quantitative estimate of drug-likeness (QED) is 0.822. The molecule has 1 atom stereocenters. The first kappa shape index (κ1) is 16.2. The standard InChI is InChI=1S/C15H19NO3S2/c1-12(14-8-10-20-11-14)16-21(18,19)15-6-4-13(5-7-15)3-2-9-17/h4-8,10-12,16-17H,2-3,9H2,1H3. The Bertz CT molecular complexity index is 649. The number of sulfonamides is 1. The second-order valence-corrected chi connectivity index (χ2v) is 7.36. The molecule has 0 spiro atoms. The van der Waals surface area contributed by atoms with Crippen LogP contribution in [0.1, 0.15) is 30.5 Å². The molecule has 21 heavy (non-hydrogen) atoms. The Kier molecular flexibility index (Phi) is 5.52. The van der Waals surface area contributed by atoms with Gasteiger partial charge in [0.2, 0.25) is 10.0 Å². The molecule has 0 fully saturated rings. The number of benzene rings is 1. The van der Waals surface area contributed by atoms with Gasteiger partial charge in [0.1, 0.15) is 0 Å². The van der Waals surface area contributed by atoms with E-state index in [0.29, 0.717) is 6.42 Å². The predicted molar refractivity (Wildman–Crippen MR) is 84.9 cm³/mol. The van der Waals surface area contributed by atoms with Gasteiger partial charge in [0, 0.05) is 12.6 Å². The minimum Gasteiger partial charge on any atom is -0.396 e. The van der Waals surface area contributed by atoms with E-state index < -0.39 is 10.0 Å². The Morgan fingerprint density at radius 3 is 2.52 bits per heavy atom. The van der Waals surface area contributed by atoms with E-state index in [-0.39, 0.29) is 17.5 Å². The highest BCUT2D eigenvalue weighted by atomic mass is 32.2. The molecule has 1 heterocycles. The van der Waals surface area contributed by atoms with Crippen LogP contribution in [0.3, 0.4) is 0 Å². The molecule has 0 bridgehead atoms. The molecule has 0 saturated carbocycles. The number of nitrogens with one attached hydrogen (secondary N) is 1. The summed E-state index contributed by atoms with van der Waals surface area (Å²) in [6.07, 6.45) is 1.43. The maximum atomic E-state index is 12.3. The fraction of sp³-hybridized carbons (Fsp3) is 0.333. The van der Waals surface area contributed by atoms with Crippen LogP contribution in [-0.4, -0.2) is 20.1 Å². The first-order chi connectivity index (χ1) is 10.0. The topological polar surface area (TPSA) is 66.4 Å². The van der Waals surface area contributed by atoms with E-state index in [9.17, 15) is 8.42 Å². The molecule has 0 amide bonds. The molecule has 0 aliphatic heterocycles. The molecule has 2 rings (SSSR count). The van der Waals surface area contributed by atoms with Crippen molar-refractivity contribution in [2.75, 3.05) is 6.61 Å². The molecular weight excluding hydrogens is 306 g/mol. The van der Waals surface area contributed by atoms with Crippen LogP contribution in [0.2, 0.25) is 0 Å². The highest BCUT2D eigenvalue weighted by Gasteiger charge is 2.18. The van der Waals surface area contributed by atoms with Crippen molar-refractivity contribution >= 4 is 21.4 Å². The number of aryl methyl sites for hydroxylation is 1. The van der Waals surface area contributed by atoms with Crippen molar-refractivity contribution in [3.63, 3.8) is 0 Å². The number of hydrogen-bond donors (Lipinski definition) is 2. The van der Waals surface area contributed by atoms with Crippen molar-refractivity contribution in [2.24, 2.45) is 0 Å². The molecule has 6 heteroatoms. The van der Waals surface area contributed by atoms with Crippen LogP contribution in [0.5, 0.6) is 0 Å². The van der Waals surface area contributed by atoms with Crippen molar-refractivity contribution in [3.8, 4) is 0 Å². The minimum absolute atomic E-state index is 0.139. The second-order valence-electron chi connectivity index (χ2n) is 4.87. The van der Waals surface area contributed by atoms with Gasteiger partial charge in [-0.2, -0.15) is 11.3 Å². The van der Waals surface area contributed by atoms with Gasteiger partial charge < -0.3 is 5.11 Å². The minimum atomic E-state index is -3.52. The summed E-state index contributed by atoms with van der Waals surface area (Å²) >= 11 is 1.54. The summed E-state index contributed by atoms with van der Waals surface area (Å²) in [5, 5.41) is 12.7. The lowest BCUT2D eigenvalue weighted by Gasteiger charge is -2.13. The SMILES string of the molecule is CC(NS(=O)(=O)c1ccc(CCCO)cc1)c1ccsc1. The van der Waals surface area contributed by atoms with Crippen LogP contribution in [0, 0.1) is 0 Å². The molecular formula is C15H19NO3S2. The van der Waals surface area contributed by atoms with E-state index in [1.165, 1.54) is 0 Å². The highest BCUT2D eigenvalue weighted by molar-refractivity contribution is 7.89. The summed E-state index contributed by atoms with van der Waals surface area (Å²) in [6.45, 7) is 1.97. The molecule has 0 aliphatic rings.